The van der Waals surface area contributed by atoms with Crippen molar-refractivity contribution in [1.29, 1.82) is 0 Å². The van der Waals surface area contributed by atoms with Crippen LogP contribution in [-0.2, 0) is 0 Å². The van der Waals surface area contributed by atoms with Gasteiger partial charge in [0.15, 0.2) is 0 Å². The summed E-state index contributed by atoms with van der Waals surface area (Å²) in [5.41, 5.74) is 7.81. The molecule has 0 saturated carbocycles. The first-order valence-corrected chi connectivity index (χ1v) is 4.50. The molecule has 0 bridgehead atoms. The molecule has 0 aliphatic rings. The van der Waals surface area contributed by atoms with Crippen molar-refractivity contribution in [1.82, 2.24) is 0 Å². The first kappa shape index (κ1) is 8.39. The van der Waals surface area contributed by atoms with Crippen molar-refractivity contribution in [3.8, 4) is 0 Å². The standard InChI is InChI=1S/C11H10ClN/c1-7-3-2-4-8-5-9(12)6-10(13)11(7)8/h2-6H,13H2,1H3. The summed E-state index contributed by atoms with van der Waals surface area (Å²) in [5, 5.41) is 2.90. The Labute approximate surface area is 82.1 Å². The average molecular weight is 192 g/mol. The summed E-state index contributed by atoms with van der Waals surface area (Å²) in [6.07, 6.45) is 0. The molecule has 2 aromatic carbocycles. The number of aryl methyl sites for hydroxylation is 1. The fraction of sp³-hybridized carbons (Fsp3) is 0.0909. The SMILES string of the molecule is Cc1cccc2cc(Cl)cc(N)c12. The van der Waals surface area contributed by atoms with Gasteiger partial charge in [-0.05, 0) is 30.0 Å². The Morgan fingerprint density at radius 2 is 2.00 bits per heavy atom. The lowest BCUT2D eigenvalue weighted by molar-refractivity contribution is 1.53. The second kappa shape index (κ2) is 2.93. The van der Waals surface area contributed by atoms with Crippen molar-refractivity contribution >= 4 is 28.1 Å². The second-order valence-corrected chi connectivity index (χ2v) is 3.60. The third-order valence-electron chi connectivity index (χ3n) is 2.18. The van der Waals surface area contributed by atoms with Gasteiger partial charge in [0, 0.05) is 16.1 Å². The van der Waals surface area contributed by atoms with Gasteiger partial charge in [-0.15, -0.1) is 0 Å². The maximum absolute atomic E-state index is 5.90. The highest BCUT2D eigenvalue weighted by Gasteiger charge is 2.01. The quantitative estimate of drug-likeness (QED) is 0.635. The van der Waals surface area contributed by atoms with E-state index < -0.39 is 0 Å². The molecule has 0 aromatic heterocycles. The highest BCUT2D eigenvalue weighted by Crippen LogP contribution is 2.28. The number of rotatable bonds is 0. The van der Waals surface area contributed by atoms with Gasteiger partial charge in [0.1, 0.15) is 0 Å². The fourth-order valence-corrected chi connectivity index (χ4v) is 1.85. The van der Waals surface area contributed by atoms with Crippen molar-refractivity contribution in [3.05, 3.63) is 40.9 Å². The van der Waals surface area contributed by atoms with E-state index in [4.69, 9.17) is 17.3 Å². The topological polar surface area (TPSA) is 26.0 Å². The summed E-state index contributed by atoms with van der Waals surface area (Å²) in [5.74, 6) is 0. The van der Waals surface area contributed by atoms with Crippen LogP contribution in [0.1, 0.15) is 5.56 Å². The minimum absolute atomic E-state index is 0.690. The molecule has 2 N–H and O–H groups in total. The molecule has 0 aliphatic carbocycles. The number of fused-ring (bicyclic) bond motifs is 1. The average Bonchev–Trinajstić information content (AvgIpc) is 2.02. The van der Waals surface area contributed by atoms with E-state index in [2.05, 4.69) is 0 Å². The summed E-state index contributed by atoms with van der Waals surface area (Å²) in [4.78, 5) is 0. The minimum atomic E-state index is 0.690. The van der Waals surface area contributed by atoms with Crippen molar-refractivity contribution in [2.24, 2.45) is 0 Å². The Hall–Kier alpha value is -1.21. The number of nitrogens with two attached hydrogens (primary N) is 1. The molecule has 0 saturated heterocycles. The van der Waals surface area contributed by atoms with E-state index in [0.29, 0.717) is 5.02 Å². The molecule has 0 aliphatic heterocycles. The highest BCUT2D eigenvalue weighted by atomic mass is 35.5. The van der Waals surface area contributed by atoms with Gasteiger partial charge in [-0.2, -0.15) is 0 Å². The van der Waals surface area contributed by atoms with E-state index >= 15 is 0 Å². The number of hydrogen-bond donors (Lipinski definition) is 1. The summed E-state index contributed by atoms with van der Waals surface area (Å²) < 4.78 is 0. The van der Waals surface area contributed by atoms with Crippen LogP contribution in [0, 0.1) is 6.92 Å². The van der Waals surface area contributed by atoms with Crippen LogP contribution in [0.25, 0.3) is 10.8 Å². The number of nitrogen functional groups attached to an aromatic ring is 1. The summed E-state index contributed by atoms with van der Waals surface area (Å²) in [7, 11) is 0. The Bertz CT molecular complexity index is 463. The zero-order chi connectivity index (χ0) is 9.42. The first-order chi connectivity index (χ1) is 6.18. The number of anilines is 1. The molecule has 0 spiro atoms. The van der Waals surface area contributed by atoms with Gasteiger partial charge in [0.05, 0.1) is 0 Å². The van der Waals surface area contributed by atoms with E-state index in [1.165, 1.54) is 5.56 Å². The van der Waals surface area contributed by atoms with E-state index in [9.17, 15) is 0 Å². The Balaban J connectivity index is 2.94. The second-order valence-electron chi connectivity index (χ2n) is 3.17. The van der Waals surface area contributed by atoms with Crippen LogP contribution >= 0.6 is 11.6 Å². The lowest BCUT2D eigenvalue weighted by atomic mass is 10.0. The van der Waals surface area contributed by atoms with Gasteiger partial charge in [-0.3, -0.25) is 0 Å². The maximum Gasteiger partial charge on any atom is 0.0432 e. The van der Waals surface area contributed by atoms with Crippen molar-refractivity contribution < 1.29 is 0 Å². The first-order valence-electron chi connectivity index (χ1n) is 4.13. The smallest absolute Gasteiger partial charge is 0.0432 e. The molecule has 0 amide bonds. The van der Waals surface area contributed by atoms with Crippen LogP contribution in [0.15, 0.2) is 30.3 Å². The highest BCUT2D eigenvalue weighted by molar-refractivity contribution is 6.32. The van der Waals surface area contributed by atoms with Gasteiger partial charge < -0.3 is 5.73 Å². The third kappa shape index (κ3) is 1.36. The van der Waals surface area contributed by atoms with Crippen LogP contribution in [0.2, 0.25) is 5.02 Å². The third-order valence-corrected chi connectivity index (χ3v) is 2.40. The van der Waals surface area contributed by atoms with Gasteiger partial charge in [0.25, 0.3) is 0 Å². The fourth-order valence-electron chi connectivity index (χ4n) is 1.62. The summed E-state index contributed by atoms with van der Waals surface area (Å²) in [6.45, 7) is 2.05. The zero-order valence-corrected chi connectivity index (χ0v) is 8.10. The van der Waals surface area contributed by atoms with Gasteiger partial charge in [-0.1, -0.05) is 29.8 Å². The van der Waals surface area contributed by atoms with Gasteiger partial charge in [-0.25, -0.2) is 0 Å². The largest absolute Gasteiger partial charge is 0.398 e. The van der Waals surface area contributed by atoms with Crippen LogP contribution in [0.3, 0.4) is 0 Å². The Kier molecular flexibility index (Phi) is 1.89. The molecule has 0 atom stereocenters. The van der Waals surface area contributed by atoms with E-state index in [1.54, 1.807) is 6.07 Å². The lowest BCUT2D eigenvalue weighted by Crippen LogP contribution is -1.89. The predicted molar refractivity (Wildman–Crippen MR) is 58.1 cm³/mol. The molecule has 0 radical (unpaired) electrons. The van der Waals surface area contributed by atoms with Gasteiger partial charge >= 0.3 is 0 Å². The minimum Gasteiger partial charge on any atom is -0.398 e. The molecule has 2 aromatic rings. The molecule has 13 heavy (non-hydrogen) atoms. The zero-order valence-electron chi connectivity index (χ0n) is 7.34. The van der Waals surface area contributed by atoms with E-state index in [-0.39, 0.29) is 0 Å². The number of halogens is 1. The maximum atomic E-state index is 5.90. The Morgan fingerprint density at radius 1 is 1.23 bits per heavy atom. The lowest BCUT2D eigenvalue weighted by Gasteiger charge is -2.05. The predicted octanol–water partition coefficient (Wildman–Crippen LogP) is 3.38. The molecule has 0 heterocycles. The summed E-state index contributed by atoms with van der Waals surface area (Å²) >= 11 is 5.90. The molecule has 0 unspecified atom stereocenters. The molecule has 2 heteroatoms. The molecule has 2 rings (SSSR count). The number of hydrogen-bond acceptors (Lipinski definition) is 1. The summed E-state index contributed by atoms with van der Waals surface area (Å²) in [6, 6.07) is 9.79. The van der Waals surface area contributed by atoms with Gasteiger partial charge in [0.2, 0.25) is 0 Å². The molecule has 0 fully saturated rings. The molecular weight excluding hydrogens is 182 g/mol. The van der Waals surface area contributed by atoms with E-state index in [1.807, 2.05) is 31.2 Å². The van der Waals surface area contributed by atoms with Crippen LogP contribution in [0.4, 0.5) is 5.69 Å². The van der Waals surface area contributed by atoms with E-state index in [0.717, 1.165) is 16.5 Å². The molecule has 1 nitrogen and oxygen atoms in total. The van der Waals surface area contributed by atoms with Crippen molar-refractivity contribution in [3.63, 3.8) is 0 Å². The van der Waals surface area contributed by atoms with Crippen LogP contribution < -0.4 is 5.73 Å². The Morgan fingerprint density at radius 3 is 2.77 bits per heavy atom. The monoisotopic (exact) mass is 191 g/mol. The van der Waals surface area contributed by atoms with Crippen molar-refractivity contribution in [2.75, 3.05) is 5.73 Å². The molecule has 66 valence electrons. The number of benzene rings is 2. The normalized spacial score (nSPS) is 10.6. The molecular formula is C11H10ClN. The van der Waals surface area contributed by atoms with Crippen molar-refractivity contribution in [2.45, 2.75) is 6.92 Å². The van der Waals surface area contributed by atoms with Crippen LogP contribution in [0.5, 0.6) is 0 Å². The van der Waals surface area contributed by atoms with Crippen LogP contribution in [-0.4, -0.2) is 0 Å².